The molecule has 6 N–H and O–H groups in total. The minimum atomic E-state index is -5.01. The summed E-state index contributed by atoms with van der Waals surface area (Å²) in [5.74, 6) is -2.24. The van der Waals surface area contributed by atoms with E-state index in [1.807, 2.05) is 24.3 Å². The number of benzene rings is 3. The molecular formula is C25H22F3N3O4. The van der Waals surface area contributed by atoms with Crippen molar-refractivity contribution in [1.82, 2.24) is 10.3 Å². The van der Waals surface area contributed by atoms with Gasteiger partial charge in [-0.25, -0.2) is 0 Å². The average Bonchev–Trinajstić information content (AvgIpc) is 3.22. The molecule has 0 radical (unpaired) electrons. The van der Waals surface area contributed by atoms with Crippen LogP contribution in [-0.2, 0) is 6.42 Å². The van der Waals surface area contributed by atoms with Crippen LogP contribution in [0.2, 0.25) is 0 Å². The summed E-state index contributed by atoms with van der Waals surface area (Å²) in [6, 6.07) is 14.5. The van der Waals surface area contributed by atoms with Crippen molar-refractivity contribution >= 4 is 16.8 Å². The maximum absolute atomic E-state index is 13.1. The number of phenols is 2. The molecule has 10 heteroatoms. The Hall–Kier alpha value is -4.18. The minimum Gasteiger partial charge on any atom is -0.504 e. The van der Waals surface area contributed by atoms with E-state index in [4.69, 9.17) is 5.73 Å². The van der Waals surface area contributed by atoms with Crippen molar-refractivity contribution < 1.29 is 32.9 Å². The standard InChI is InChI=1S/C25H22F3N3O4/c26-25(27,28)35-23-8-6-14(15-5-7-21(32)22(33)11-15)10-19(23)24(34)31-17(12-29)9-16-13-30-20-4-2-1-3-18(16)20/h1-8,10-11,13,17,30,32-33H,9,12,29H2,(H,31,34). The molecule has 1 unspecified atom stereocenters. The summed E-state index contributed by atoms with van der Waals surface area (Å²) < 4.78 is 43.1. The largest absolute Gasteiger partial charge is 0.573 e. The van der Waals surface area contributed by atoms with E-state index in [0.29, 0.717) is 17.5 Å². The van der Waals surface area contributed by atoms with Crippen LogP contribution < -0.4 is 15.8 Å². The van der Waals surface area contributed by atoms with Crippen LogP contribution in [0.25, 0.3) is 22.0 Å². The van der Waals surface area contributed by atoms with Gasteiger partial charge in [0, 0.05) is 29.7 Å². The first-order chi connectivity index (χ1) is 16.6. The Labute approximate surface area is 198 Å². The molecule has 182 valence electrons. The number of H-pyrrole nitrogens is 1. The van der Waals surface area contributed by atoms with Crippen molar-refractivity contribution in [3.05, 3.63) is 78.0 Å². The van der Waals surface area contributed by atoms with Crippen molar-refractivity contribution in [1.29, 1.82) is 0 Å². The lowest BCUT2D eigenvalue weighted by Gasteiger charge is -2.19. The van der Waals surface area contributed by atoms with E-state index in [0.717, 1.165) is 22.5 Å². The van der Waals surface area contributed by atoms with E-state index in [1.165, 1.54) is 30.3 Å². The number of fused-ring (bicyclic) bond motifs is 1. The van der Waals surface area contributed by atoms with E-state index < -0.39 is 29.8 Å². The highest BCUT2D eigenvalue weighted by Gasteiger charge is 2.33. The highest BCUT2D eigenvalue weighted by molar-refractivity contribution is 5.98. The summed E-state index contributed by atoms with van der Waals surface area (Å²) in [6.07, 6.45) is -2.85. The highest BCUT2D eigenvalue weighted by Crippen LogP contribution is 2.34. The molecule has 0 aliphatic rings. The van der Waals surface area contributed by atoms with E-state index in [9.17, 15) is 28.2 Å². The fourth-order valence-corrected chi connectivity index (χ4v) is 3.83. The monoisotopic (exact) mass is 485 g/mol. The second-order valence-electron chi connectivity index (χ2n) is 7.93. The zero-order valence-electron chi connectivity index (χ0n) is 18.3. The number of aromatic hydroxyl groups is 2. The van der Waals surface area contributed by atoms with Gasteiger partial charge in [0.2, 0.25) is 0 Å². The van der Waals surface area contributed by atoms with Gasteiger partial charge in [-0.1, -0.05) is 30.3 Å². The van der Waals surface area contributed by atoms with Crippen molar-refractivity contribution in [2.45, 2.75) is 18.8 Å². The average molecular weight is 485 g/mol. The first-order valence-corrected chi connectivity index (χ1v) is 10.6. The number of alkyl halides is 3. The number of aromatic amines is 1. The molecule has 0 saturated heterocycles. The number of nitrogens with two attached hydrogens (primary N) is 1. The van der Waals surface area contributed by atoms with E-state index >= 15 is 0 Å². The smallest absolute Gasteiger partial charge is 0.504 e. The first kappa shape index (κ1) is 24.0. The summed E-state index contributed by atoms with van der Waals surface area (Å²) in [4.78, 5) is 16.2. The van der Waals surface area contributed by atoms with Crippen LogP contribution in [0.1, 0.15) is 15.9 Å². The van der Waals surface area contributed by atoms with E-state index in [2.05, 4.69) is 15.0 Å². The summed E-state index contributed by atoms with van der Waals surface area (Å²) >= 11 is 0. The number of para-hydroxylation sites is 1. The highest BCUT2D eigenvalue weighted by atomic mass is 19.4. The van der Waals surface area contributed by atoms with E-state index in [1.54, 1.807) is 6.20 Å². The van der Waals surface area contributed by atoms with Crippen molar-refractivity contribution in [3.63, 3.8) is 0 Å². The second kappa shape index (κ2) is 9.59. The number of aromatic nitrogens is 1. The van der Waals surface area contributed by atoms with Gasteiger partial charge in [-0.2, -0.15) is 0 Å². The van der Waals surface area contributed by atoms with Crippen LogP contribution in [0.15, 0.2) is 66.9 Å². The van der Waals surface area contributed by atoms with Crippen molar-refractivity contribution in [2.75, 3.05) is 6.54 Å². The Kier molecular flexibility index (Phi) is 6.57. The Bertz CT molecular complexity index is 1370. The molecule has 1 heterocycles. The predicted octanol–water partition coefficient (Wildman–Crippen LogP) is 4.44. The third-order valence-corrected chi connectivity index (χ3v) is 5.52. The molecule has 35 heavy (non-hydrogen) atoms. The quantitative estimate of drug-likeness (QED) is 0.248. The number of nitrogens with one attached hydrogen (secondary N) is 2. The zero-order valence-corrected chi connectivity index (χ0v) is 18.3. The lowest BCUT2D eigenvalue weighted by atomic mass is 10.0. The molecule has 0 spiro atoms. The van der Waals surface area contributed by atoms with Gasteiger partial charge in [0.25, 0.3) is 5.91 Å². The molecule has 0 fully saturated rings. The molecule has 0 saturated carbocycles. The van der Waals surface area contributed by atoms with Gasteiger partial charge in [0.1, 0.15) is 5.75 Å². The molecule has 1 aromatic heterocycles. The number of rotatable bonds is 7. The third-order valence-electron chi connectivity index (χ3n) is 5.52. The van der Waals surface area contributed by atoms with Gasteiger partial charge in [-0.3, -0.25) is 4.79 Å². The zero-order chi connectivity index (χ0) is 25.2. The maximum Gasteiger partial charge on any atom is 0.573 e. The second-order valence-corrected chi connectivity index (χ2v) is 7.93. The molecule has 4 aromatic rings. The Balaban J connectivity index is 1.64. The van der Waals surface area contributed by atoms with Crippen LogP contribution in [0, 0.1) is 0 Å². The number of hydrogen-bond donors (Lipinski definition) is 5. The molecule has 7 nitrogen and oxygen atoms in total. The number of hydrogen-bond acceptors (Lipinski definition) is 5. The summed E-state index contributed by atoms with van der Waals surface area (Å²) in [5, 5.41) is 23.0. The SMILES string of the molecule is NCC(Cc1c[nH]c2ccccc12)NC(=O)c1cc(-c2ccc(O)c(O)c2)ccc1OC(F)(F)F. The lowest BCUT2D eigenvalue weighted by molar-refractivity contribution is -0.274. The number of halogens is 3. The van der Waals surface area contributed by atoms with Crippen LogP contribution in [-0.4, -0.2) is 40.1 Å². The number of amides is 1. The third kappa shape index (κ3) is 5.49. The topological polar surface area (TPSA) is 121 Å². The maximum atomic E-state index is 13.1. The van der Waals surface area contributed by atoms with Crippen LogP contribution in [0.5, 0.6) is 17.2 Å². The Morgan fingerprint density at radius 3 is 2.46 bits per heavy atom. The van der Waals surface area contributed by atoms with Gasteiger partial charge < -0.3 is 31.0 Å². The number of carbonyl (C=O) groups excluding carboxylic acids is 1. The fourth-order valence-electron chi connectivity index (χ4n) is 3.83. The molecule has 0 bridgehead atoms. The molecule has 3 aromatic carbocycles. The number of carbonyl (C=O) groups is 1. The van der Waals surface area contributed by atoms with E-state index in [-0.39, 0.29) is 17.9 Å². The molecule has 0 aliphatic heterocycles. The predicted molar refractivity (Wildman–Crippen MR) is 124 cm³/mol. The summed E-state index contributed by atoms with van der Waals surface area (Å²) in [7, 11) is 0. The molecule has 4 rings (SSSR count). The van der Waals surface area contributed by atoms with Gasteiger partial charge in [-0.05, 0) is 53.4 Å². The summed E-state index contributed by atoms with van der Waals surface area (Å²) in [6.45, 7) is 0.0479. The number of ether oxygens (including phenoxy) is 1. The molecule has 0 aliphatic carbocycles. The van der Waals surface area contributed by atoms with Crippen molar-refractivity contribution in [3.8, 4) is 28.4 Å². The Morgan fingerprint density at radius 2 is 1.74 bits per heavy atom. The normalized spacial score (nSPS) is 12.5. The fraction of sp³-hybridized carbons (Fsp3) is 0.160. The van der Waals surface area contributed by atoms with Gasteiger partial charge in [0.15, 0.2) is 11.5 Å². The van der Waals surface area contributed by atoms with Crippen LogP contribution in [0.3, 0.4) is 0 Å². The molecular weight excluding hydrogens is 463 g/mol. The minimum absolute atomic E-state index is 0.0479. The Morgan fingerprint density at radius 1 is 1.03 bits per heavy atom. The lowest BCUT2D eigenvalue weighted by Crippen LogP contribution is -2.42. The first-order valence-electron chi connectivity index (χ1n) is 10.6. The van der Waals surface area contributed by atoms with Crippen LogP contribution in [0.4, 0.5) is 13.2 Å². The van der Waals surface area contributed by atoms with Gasteiger partial charge in [0.05, 0.1) is 5.56 Å². The van der Waals surface area contributed by atoms with Crippen molar-refractivity contribution in [2.24, 2.45) is 5.73 Å². The van der Waals surface area contributed by atoms with Gasteiger partial charge >= 0.3 is 6.36 Å². The summed E-state index contributed by atoms with van der Waals surface area (Å²) in [5.41, 5.74) is 8.03. The molecule has 1 amide bonds. The van der Waals surface area contributed by atoms with Crippen LogP contribution >= 0.6 is 0 Å². The van der Waals surface area contributed by atoms with Gasteiger partial charge in [-0.15, -0.1) is 13.2 Å². The molecule has 1 atom stereocenters. The number of phenolic OH excluding ortho intramolecular Hbond substituents is 2.